The summed E-state index contributed by atoms with van der Waals surface area (Å²) in [5, 5.41) is 9.47. The van der Waals surface area contributed by atoms with Crippen LogP contribution in [0.15, 0.2) is 18.2 Å². The lowest BCUT2D eigenvalue weighted by Gasteiger charge is -2.14. The van der Waals surface area contributed by atoms with E-state index in [1.54, 1.807) is 18.2 Å². The first-order chi connectivity index (χ1) is 7.06. The van der Waals surface area contributed by atoms with Gasteiger partial charge in [-0.15, -0.1) is 0 Å². The molecule has 0 spiro atoms. The molecule has 0 aliphatic rings. The molecule has 0 aliphatic carbocycles. The molecular weight excluding hydrogens is 218 g/mol. The van der Waals surface area contributed by atoms with Crippen LogP contribution in [0.25, 0.3) is 0 Å². The van der Waals surface area contributed by atoms with Gasteiger partial charge < -0.3 is 15.6 Å². The highest BCUT2D eigenvalue weighted by Crippen LogP contribution is 2.26. The third-order valence-electron chi connectivity index (χ3n) is 1.94. The summed E-state index contributed by atoms with van der Waals surface area (Å²) in [5.41, 5.74) is 5.51. The minimum atomic E-state index is -0.756. The SMILES string of the molecule is CC(Oc1cccc(Cl)c1CO)C(N)=O. The van der Waals surface area contributed by atoms with Crippen LogP contribution in [-0.4, -0.2) is 17.1 Å². The van der Waals surface area contributed by atoms with Gasteiger partial charge >= 0.3 is 0 Å². The van der Waals surface area contributed by atoms with Crippen molar-refractivity contribution >= 4 is 17.5 Å². The smallest absolute Gasteiger partial charge is 0.258 e. The number of hydrogen-bond donors (Lipinski definition) is 2. The van der Waals surface area contributed by atoms with Crippen molar-refractivity contribution in [3.8, 4) is 5.75 Å². The summed E-state index contributed by atoms with van der Waals surface area (Å²) < 4.78 is 5.26. The number of carbonyl (C=O) groups is 1. The quantitative estimate of drug-likeness (QED) is 0.812. The molecule has 5 heteroatoms. The lowest BCUT2D eigenvalue weighted by atomic mass is 10.2. The highest BCUT2D eigenvalue weighted by Gasteiger charge is 2.14. The normalized spacial score (nSPS) is 12.2. The van der Waals surface area contributed by atoms with Crippen LogP contribution in [0.3, 0.4) is 0 Å². The maximum atomic E-state index is 10.8. The van der Waals surface area contributed by atoms with E-state index in [4.69, 9.17) is 27.2 Å². The van der Waals surface area contributed by atoms with Crippen molar-refractivity contribution in [3.63, 3.8) is 0 Å². The molecule has 0 aromatic heterocycles. The third-order valence-corrected chi connectivity index (χ3v) is 2.29. The van der Waals surface area contributed by atoms with Crippen molar-refractivity contribution in [3.05, 3.63) is 28.8 Å². The Balaban J connectivity index is 2.94. The minimum absolute atomic E-state index is 0.250. The van der Waals surface area contributed by atoms with E-state index in [0.717, 1.165) is 0 Å². The van der Waals surface area contributed by atoms with Gasteiger partial charge in [-0.05, 0) is 19.1 Å². The average molecular weight is 230 g/mol. The number of aliphatic hydroxyl groups is 1. The fourth-order valence-electron chi connectivity index (χ4n) is 1.05. The van der Waals surface area contributed by atoms with Crippen LogP contribution in [0, 0.1) is 0 Å². The molecule has 82 valence electrons. The standard InChI is InChI=1S/C10H12ClNO3/c1-6(10(12)14)15-9-4-2-3-8(11)7(9)5-13/h2-4,6,13H,5H2,1H3,(H2,12,14). The number of aliphatic hydroxyl groups excluding tert-OH is 1. The molecular formula is C10H12ClNO3. The van der Waals surface area contributed by atoms with E-state index in [9.17, 15) is 4.79 Å². The van der Waals surface area contributed by atoms with Gasteiger partial charge in [0.05, 0.1) is 6.61 Å². The minimum Gasteiger partial charge on any atom is -0.480 e. The monoisotopic (exact) mass is 229 g/mol. The fraction of sp³-hybridized carbons (Fsp3) is 0.300. The molecule has 0 radical (unpaired) electrons. The van der Waals surface area contributed by atoms with Gasteiger partial charge in [0.25, 0.3) is 5.91 Å². The molecule has 1 aromatic rings. The molecule has 1 rings (SSSR count). The van der Waals surface area contributed by atoms with Gasteiger partial charge in [-0.2, -0.15) is 0 Å². The van der Waals surface area contributed by atoms with Crippen molar-refractivity contribution in [2.24, 2.45) is 5.73 Å². The van der Waals surface area contributed by atoms with Crippen molar-refractivity contribution in [1.29, 1.82) is 0 Å². The zero-order chi connectivity index (χ0) is 11.4. The molecule has 1 atom stereocenters. The van der Waals surface area contributed by atoms with E-state index in [2.05, 4.69) is 0 Å². The maximum Gasteiger partial charge on any atom is 0.258 e. The molecule has 0 heterocycles. The first-order valence-electron chi connectivity index (χ1n) is 4.40. The first-order valence-corrected chi connectivity index (χ1v) is 4.78. The summed E-state index contributed by atoms with van der Waals surface area (Å²) in [7, 11) is 0. The predicted octanol–water partition coefficient (Wildman–Crippen LogP) is 1.08. The summed E-state index contributed by atoms with van der Waals surface area (Å²) in [6, 6.07) is 4.93. The molecule has 3 N–H and O–H groups in total. The predicted molar refractivity (Wildman–Crippen MR) is 56.7 cm³/mol. The zero-order valence-electron chi connectivity index (χ0n) is 8.24. The number of carbonyl (C=O) groups excluding carboxylic acids is 1. The van der Waals surface area contributed by atoms with Crippen LogP contribution in [0.2, 0.25) is 5.02 Å². The number of primary amides is 1. The molecule has 0 aliphatic heterocycles. The van der Waals surface area contributed by atoms with E-state index in [-0.39, 0.29) is 6.61 Å². The number of nitrogens with two attached hydrogens (primary N) is 1. The Bertz CT molecular complexity index is 368. The van der Waals surface area contributed by atoms with Crippen molar-refractivity contribution in [1.82, 2.24) is 0 Å². The second-order valence-electron chi connectivity index (χ2n) is 3.04. The molecule has 0 bridgehead atoms. The number of ether oxygens (including phenoxy) is 1. The van der Waals surface area contributed by atoms with Gasteiger partial charge in [-0.3, -0.25) is 4.79 Å². The van der Waals surface area contributed by atoms with Gasteiger partial charge in [-0.1, -0.05) is 17.7 Å². The van der Waals surface area contributed by atoms with Gasteiger partial charge in [0.2, 0.25) is 0 Å². The van der Waals surface area contributed by atoms with Crippen molar-refractivity contribution < 1.29 is 14.6 Å². The molecule has 1 unspecified atom stereocenters. The average Bonchev–Trinajstić information content (AvgIpc) is 2.18. The summed E-state index contributed by atoms with van der Waals surface area (Å²) in [6.45, 7) is 1.28. The molecule has 0 fully saturated rings. The van der Waals surface area contributed by atoms with Crippen LogP contribution in [-0.2, 0) is 11.4 Å². The topological polar surface area (TPSA) is 72.6 Å². The lowest BCUT2D eigenvalue weighted by Crippen LogP contribution is -2.30. The molecule has 0 saturated carbocycles. The molecule has 15 heavy (non-hydrogen) atoms. The third kappa shape index (κ3) is 2.84. The van der Waals surface area contributed by atoms with E-state index in [1.807, 2.05) is 0 Å². The Labute approximate surface area is 92.6 Å². The van der Waals surface area contributed by atoms with Crippen molar-refractivity contribution in [2.75, 3.05) is 0 Å². The Morgan fingerprint density at radius 2 is 2.33 bits per heavy atom. The van der Waals surface area contributed by atoms with Gasteiger partial charge in [0.15, 0.2) is 6.10 Å². The van der Waals surface area contributed by atoms with Crippen molar-refractivity contribution in [2.45, 2.75) is 19.6 Å². The Kier molecular flexibility index (Phi) is 3.94. The van der Waals surface area contributed by atoms with Crippen LogP contribution >= 0.6 is 11.6 Å². The first kappa shape index (κ1) is 11.8. The summed E-state index contributed by atoms with van der Waals surface area (Å²) in [4.78, 5) is 10.8. The number of halogens is 1. The van der Waals surface area contributed by atoms with E-state index in [1.165, 1.54) is 6.92 Å². The zero-order valence-corrected chi connectivity index (χ0v) is 8.99. The lowest BCUT2D eigenvalue weighted by molar-refractivity contribution is -0.124. The Morgan fingerprint density at radius 1 is 1.67 bits per heavy atom. The Hall–Kier alpha value is -1.26. The fourth-order valence-corrected chi connectivity index (χ4v) is 1.28. The van der Waals surface area contributed by atoms with Crippen LogP contribution in [0.1, 0.15) is 12.5 Å². The molecule has 1 amide bonds. The largest absolute Gasteiger partial charge is 0.480 e. The van der Waals surface area contributed by atoms with E-state index >= 15 is 0 Å². The maximum absolute atomic E-state index is 10.8. The Morgan fingerprint density at radius 3 is 2.87 bits per heavy atom. The molecule has 4 nitrogen and oxygen atoms in total. The van der Waals surface area contributed by atoms with Crippen LogP contribution in [0.4, 0.5) is 0 Å². The van der Waals surface area contributed by atoms with E-state index in [0.29, 0.717) is 16.3 Å². The van der Waals surface area contributed by atoms with E-state index < -0.39 is 12.0 Å². The number of benzene rings is 1. The second-order valence-corrected chi connectivity index (χ2v) is 3.44. The number of amides is 1. The molecule has 0 saturated heterocycles. The van der Waals surface area contributed by atoms with Crippen LogP contribution < -0.4 is 10.5 Å². The van der Waals surface area contributed by atoms with Crippen LogP contribution in [0.5, 0.6) is 5.75 Å². The van der Waals surface area contributed by atoms with Gasteiger partial charge in [0, 0.05) is 10.6 Å². The highest BCUT2D eigenvalue weighted by atomic mass is 35.5. The van der Waals surface area contributed by atoms with Gasteiger partial charge in [0.1, 0.15) is 5.75 Å². The number of rotatable bonds is 4. The summed E-state index contributed by atoms with van der Waals surface area (Å²) in [6.07, 6.45) is -0.756. The van der Waals surface area contributed by atoms with Gasteiger partial charge in [-0.25, -0.2) is 0 Å². The molecule has 1 aromatic carbocycles. The second kappa shape index (κ2) is 5.00. The summed E-state index contributed by atoms with van der Waals surface area (Å²) >= 11 is 5.84. The summed E-state index contributed by atoms with van der Waals surface area (Å²) in [5.74, 6) is -0.199. The number of hydrogen-bond acceptors (Lipinski definition) is 3. The highest BCUT2D eigenvalue weighted by molar-refractivity contribution is 6.31.